The summed E-state index contributed by atoms with van der Waals surface area (Å²) in [6.07, 6.45) is 1.28. The first-order chi connectivity index (χ1) is 10.8. The Balaban J connectivity index is 1.98. The molecule has 2 rings (SSSR count). The van der Waals surface area contributed by atoms with Gasteiger partial charge in [0.15, 0.2) is 0 Å². The van der Waals surface area contributed by atoms with Gasteiger partial charge in [0.25, 0.3) is 0 Å². The molecule has 0 aromatic heterocycles. The van der Waals surface area contributed by atoms with Gasteiger partial charge in [-0.3, -0.25) is 4.79 Å². The number of hydrogen-bond donors (Lipinski definition) is 2. The quantitative estimate of drug-likeness (QED) is 0.767. The number of nitrogens with one attached hydrogen (secondary N) is 1. The smallest absolute Gasteiger partial charge is 0.243 e. The first kappa shape index (κ1) is 18.5. The number of hydrogen-bond acceptors (Lipinski definition) is 4. The maximum atomic E-state index is 13.5. The summed E-state index contributed by atoms with van der Waals surface area (Å²) in [4.78, 5) is 11.1. The number of piperidine rings is 1. The maximum Gasteiger partial charge on any atom is 0.243 e. The normalized spacial score (nSPS) is 17.2. The second-order valence-electron chi connectivity index (χ2n) is 5.39. The predicted octanol–water partition coefficient (Wildman–Crippen LogP) is 1.93. The fourth-order valence-corrected chi connectivity index (χ4v) is 4.17. The van der Waals surface area contributed by atoms with Gasteiger partial charge in [0.1, 0.15) is 5.82 Å². The first-order valence-electron chi connectivity index (χ1n) is 7.17. The Labute approximate surface area is 145 Å². The number of thiol groups is 1. The average Bonchev–Trinajstić information content (AvgIpc) is 2.55. The van der Waals surface area contributed by atoms with E-state index in [4.69, 9.17) is 11.6 Å². The molecule has 0 bridgehead atoms. The highest BCUT2D eigenvalue weighted by molar-refractivity contribution is 7.89. The van der Waals surface area contributed by atoms with E-state index in [0.717, 1.165) is 6.07 Å². The molecule has 1 heterocycles. The van der Waals surface area contributed by atoms with Crippen LogP contribution in [0.2, 0.25) is 5.02 Å². The molecule has 0 spiro atoms. The van der Waals surface area contributed by atoms with Gasteiger partial charge in [0, 0.05) is 19.6 Å². The molecule has 1 aromatic rings. The minimum Gasteiger partial charge on any atom is -0.355 e. The molecule has 1 aliphatic heterocycles. The van der Waals surface area contributed by atoms with Gasteiger partial charge in [-0.15, -0.1) is 0 Å². The molecule has 0 aliphatic carbocycles. The number of sulfonamides is 1. The molecule has 1 saturated heterocycles. The van der Waals surface area contributed by atoms with E-state index in [-0.39, 0.29) is 27.5 Å². The van der Waals surface area contributed by atoms with Gasteiger partial charge >= 0.3 is 0 Å². The molecule has 128 valence electrons. The highest BCUT2D eigenvalue weighted by Crippen LogP contribution is 2.25. The molecule has 23 heavy (non-hydrogen) atoms. The van der Waals surface area contributed by atoms with Crippen LogP contribution in [0.15, 0.2) is 23.1 Å². The zero-order chi connectivity index (χ0) is 17.0. The van der Waals surface area contributed by atoms with E-state index in [9.17, 15) is 17.6 Å². The molecular formula is C14H18ClFN2O3S2. The fourth-order valence-electron chi connectivity index (χ4n) is 2.45. The summed E-state index contributed by atoms with van der Waals surface area (Å²) < 4.78 is 39.8. The lowest BCUT2D eigenvalue weighted by Crippen LogP contribution is -2.41. The van der Waals surface area contributed by atoms with Gasteiger partial charge in [-0.2, -0.15) is 16.9 Å². The van der Waals surface area contributed by atoms with E-state index in [1.165, 1.54) is 16.4 Å². The highest BCUT2D eigenvalue weighted by atomic mass is 35.5. The molecule has 1 aromatic carbocycles. The summed E-state index contributed by atoms with van der Waals surface area (Å²) >= 11 is 9.47. The van der Waals surface area contributed by atoms with Crippen molar-refractivity contribution in [3.05, 3.63) is 29.0 Å². The fraction of sp³-hybridized carbons (Fsp3) is 0.500. The number of amides is 1. The number of rotatable bonds is 5. The van der Waals surface area contributed by atoms with Gasteiger partial charge in [0.2, 0.25) is 15.9 Å². The monoisotopic (exact) mass is 380 g/mol. The lowest BCUT2D eigenvalue weighted by molar-refractivity contribution is -0.118. The third-order valence-corrected chi connectivity index (χ3v) is 6.32. The molecule has 1 aliphatic rings. The van der Waals surface area contributed by atoms with Crippen molar-refractivity contribution in [1.82, 2.24) is 9.62 Å². The molecule has 1 amide bonds. The highest BCUT2D eigenvalue weighted by Gasteiger charge is 2.29. The van der Waals surface area contributed by atoms with Crippen LogP contribution < -0.4 is 5.32 Å². The molecular weight excluding hydrogens is 363 g/mol. The molecule has 9 heteroatoms. The van der Waals surface area contributed by atoms with Crippen molar-refractivity contribution < 1.29 is 17.6 Å². The van der Waals surface area contributed by atoms with Crippen molar-refractivity contribution in [2.45, 2.75) is 17.7 Å². The largest absolute Gasteiger partial charge is 0.355 e. The van der Waals surface area contributed by atoms with Gasteiger partial charge in [-0.25, -0.2) is 12.8 Å². The lowest BCUT2D eigenvalue weighted by Gasteiger charge is -2.31. The van der Waals surface area contributed by atoms with E-state index in [1.54, 1.807) is 0 Å². The minimum atomic E-state index is -3.73. The Bertz CT molecular complexity index is 677. The Morgan fingerprint density at radius 3 is 2.61 bits per heavy atom. The van der Waals surface area contributed by atoms with Gasteiger partial charge in [0.05, 0.1) is 15.7 Å². The van der Waals surface area contributed by atoms with Gasteiger partial charge < -0.3 is 5.32 Å². The van der Waals surface area contributed by atoms with Crippen molar-refractivity contribution >= 4 is 40.2 Å². The van der Waals surface area contributed by atoms with E-state index in [1.807, 2.05) is 0 Å². The summed E-state index contributed by atoms with van der Waals surface area (Å²) in [5.41, 5.74) is 0. The molecule has 1 N–H and O–H groups in total. The lowest BCUT2D eigenvalue weighted by atomic mass is 9.98. The second-order valence-corrected chi connectivity index (χ2v) is 8.05. The number of carbonyl (C=O) groups excluding carboxylic acids is 1. The topological polar surface area (TPSA) is 66.5 Å². The molecule has 0 unspecified atom stereocenters. The van der Waals surface area contributed by atoms with Crippen molar-refractivity contribution in [3.8, 4) is 0 Å². The first-order valence-corrected chi connectivity index (χ1v) is 9.62. The Kier molecular flexibility index (Phi) is 6.30. The number of benzene rings is 1. The summed E-state index contributed by atoms with van der Waals surface area (Å²) in [5, 5.41) is 2.64. The zero-order valence-corrected chi connectivity index (χ0v) is 14.8. The molecule has 0 atom stereocenters. The van der Waals surface area contributed by atoms with E-state index < -0.39 is 15.8 Å². The standard InChI is InChI=1S/C14H18ClFN2O3S2/c15-12-2-1-11(7-13(12)16)23(20,21)18-5-3-10(4-6-18)8-17-14(19)9-22/h1-2,7,10,22H,3-6,8-9H2,(H,17,19). The molecule has 0 radical (unpaired) electrons. The number of carbonyl (C=O) groups is 1. The Morgan fingerprint density at radius 2 is 2.04 bits per heavy atom. The third-order valence-electron chi connectivity index (χ3n) is 3.83. The summed E-state index contributed by atoms with van der Waals surface area (Å²) in [5.74, 6) is -0.528. The second kappa shape index (κ2) is 7.83. The van der Waals surface area contributed by atoms with Crippen LogP contribution in [0, 0.1) is 11.7 Å². The van der Waals surface area contributed by atoms with Crippen LogP contribution >= 0.6 is 24.2 Å². The van der Waals surface area contributed by atoms with Crippen LogP contribution in [0.1, 0.15) is 12.8 Å². The van der Waals surface area contributed by atoms with Crippen molar-refractivity contribution in [2.24, 2.45) is 5.92 Å². The SMILES string of the molecule is O=C(CS)NCC1CCN(S(=O)(=O)c2ccc(Cl)c(F)c2)CC1. The summed E-state index contributed by atoms with van der Waals surface area (Å²) in [7, 11) is -3.73. The van der Waals surface area contributed by atoms with Crippen LogP contribution in [0.5, 0.6) is 0 Å². The van der Waals surface area contributed by atoms with Crippen LogP contribution in [0.3, 0.4) is 0 Å². The number of halogens is 2. The van der Waals surface area contributed by atoms with Crippen LogP contribution in [0.4, 0.5) is 4.39 Å². The average molecular weight is 381 g/mol. The van der Waals surface area contributed by atoms with Gasteiger partial charge in [-0.1, -0.05) is 11.6 Å². The van der Waals surface area contributed by atoms with Crippen LogP contribution in [-0.4, -0.2) is 44.0 Å². The Hall–Kier alpha value is -0.830. The van der Waals surface area contributed by atoms with E-state index in [2.05, 4.69) is 17.9 Å². The molecule has 5 nitrogen and oxygen atoms in total. The molecule has 0 saturated carbocycles. The maximum absolute atomic E-state index is 13.5. The zero-order valence-electron chi connectivity index (χ0n) is 12.3. The van der Waals surface area contributed by atoms with Crippen molar-refractivity contribution in [2.75, 3.05) is 25.4 Å². The third kappa shape index (κ3) is 4.59. The van der Waals surface area contributed by atoms with E-state index >= 15 is 0 Å². The Morgan fingerprint density at radius 1 is 1.39 bits per heavy atom. The van der Waals surface area contributed by atoms with E-state index in [0.29, 0.717) is 32.5 Å². The predicted molar refractivity (Wildman–Crippen MR) is 89.8 cm³/mol. The van der Waals surface area contributed by atoms with Crippen molar-refractivity contribution in [1.29, 1.82) is 0 Å². The number of nitrogens with zero attached hydrogens (tertiary/aromatic N) is 1. The minimum absolute atomic E-state index is 0.0961. The van der Waals surface area contributed by atoms with Crippen LogP contribution in [-0.2, 0) is 14.8 Å². The van der Waals surface area contributed by atoms with Crippen LogP contribution in [0.25, 0.3) is 0 Å². The summed E-state index contributed by atoms with van der Waals surface area (Å²) in [6.45, 7) is 1.20. The summed E-state index contributed by atoms with van der Waals surface area (Å²) in [6, 6.07) is 3.49. The van der Waals surface area contributed by atoms with Gasteiger partial charge in [-0.05, 0) is 37.0 Å². The molecule has 1 fully saturated rings. The van der Waals surface area contributed by atoms with Crippen molar-refractivity contribution in [3.63, 3.8) is 0 Å².